The summed E-state index contributed by atoms with van der Waals surface area (Å²) >= 11 is 9.32. The Morgan fingerprint density at radius 2 is 2.18 bits per heavy atom. The van der Waals surface area contributed by atoms with Gasteiger partial charge in [-0.15, -0.1) is 0 Å². The van der Waals surface area contributed by atoms with Crippen molar-refractivity contribution in [3.63, 3.8) is 0 Å². The van der Waals surface area contributed by atoms with Crippen LogP contribution in [-0.2, 0) is 6.42 Å². The Balaban J connectivity index is 2.24. The fourth-order valence-corrected chi connectivity index (χ4v) is 2.27. The Morgan fingerprint density at radius 1 is 1.35 bits per heavy atom. The number of nitrogens with zero attached hydrogens (tertiary/aromatic N) is 2. The van der Waals surface area contributed by atoms with Gasteiger partial charge in [0.05, 0.1) is 0 Å². The molecule has 0 saturated carbocycles. The summed E-state index contributed by atoms with van der Waals surface area (Å²) < 4.78 is 6.05. The topological polar surface area (TPSA) is 64.9 Å². The second-order valence-electron chi connectivity index (χ2n) is 3.57. The maximum absolute atomic E-state index is 5.95. The highest BCUT2D eigenvalue weighted by atomic mass is 79.9. The van der Waals surface area contributed by atoms with Crippen molar-refractivity contribution in [3.8, 4) is 11.5 Å². The van der Waals surface area contributed by atoms with E-state index in [-0.39, 0.29) is 0 Å². The molecule has 90 valence electrons. The largest absolute Gasteiger partial charge is 0.334 e. The lowest BCUT2D eigenvalue weighted by atomic mass is 10.2. The summed E-state index contributed by atoms with van der Waals surface area (Å²) in [5, 5.41) is 4.51. The first-order valence-corrected chi connectivity index (χ1v) is 6.35. The lowest BCUT2D eigenvalue weighted by molar-refractivity contribution is 0.422. The molecular weight excluding hydrogens is 305 g/mol. The molecule has 0 amide bonds. The van der Waals surface area contributed by atoms with Crippen LogP contribution in [0.5, 0.6) is 0 Å². The quantitative estimate of drug-likeness (QED) is 0.941. The van der Waals surface area contributed by atoms with Gasteiger partial charge in [0, 0.05) is 21.5 Å². The van der Waals surface area contributed by atoms with E-state index in [0.29, 0.717) is 23.3 Å². The molecule has 0 aliphatic heterocycles. The van der Waals surface area contributed by atoms with E-state index < -0.39 is 0 Å². The fourth-order valence-electron chi connectivity index (χ4n) is 1.41. The highest BCUT2D eigenvalue weighted by Crippen LogP contribution is 2.26. The number of halogens is 2. The summed E-state index contributed by atoms with van der Waals surface area (Å²) in [4.78, 5) is 4.29. The van der Waals surface area contributed by atoms with Crippen LogP contribution in [0, 0.1) is 0 Å². The molecule has 2 rings (SSSR count). The molecular formula is C11H11BrClN3O. The van der Waals surface area contributed by atoms with E-state index >= 15 is 0 Å². The third-order valence-corrected chi connectivity index (χ3v) is 2.86. The Labute approximate surface area is 112 Å². The van der Waals surface area contributed by atoms with Gasteiger partial charge in [0.1, 0.15) is 0 Å². The van der Waals surface area contributed by atoms with Gasteiger partial charge in [0.25, 0.3) is 5.89 Å². The number of benzene rings is 1. The summed E-state index contributed by atoms with van der Waals surface area (Å²) in [6.45, 7) is 0.618. The summed E-state index contributed by atoms with van der Waals surface area (Å²) in [5.74, 6) is 1.14. The average Bonchev–Trinajstić information content (AvgIpc) is 2.73. The van der Waals surface area contributed by atoms with E-state index in [9.17, 15) is 0 Å². The van der Waals surface area contributed by atoms with Crippen molar-refractivity contribution in [2.75, 3.05) is 6.54 Å². The predicted molar refractivity (Wildman–Crippen MR) is 69.8 cm³/mol. The van der Waals surface area contributed by atoms with E-state index in [1.165, 1.54) is 0 Å². The summed E-state index contributed by atoms with van der Waals surface area (Å²) in [5.41, 5.74) is 6.23. The van der Waals surface area contributed by atoms with Crippen LogP contribution in [0.3, 0.4) is 0 Å². The van der Waals surface area contributed by atoms with Crippen molar-refractivity contribution in [2.45, 2.75) is 12.8 Å². The van der Waals surface area contributed by atoms with Gasteiger partial charge in [-0.05, 0) is 31.2 Å². The van der Waals surface area contributed by atoms with Crippen LogP contribution in [0.15, 0.2) is 27.2 Å². The maximum atomic E-state index is 5.95. The van der Waals surface area contributed by atoms with Crippen LogP contribution >= 0.6 is 27.5 Å². The number of aromatic nitrogens is 2. The molecule has 1 aromatic heterocycles. The smallest absolute Gasteiger partial charge is 0.258 e. The van der Waals surface area contributed by atoms with Crippen LogP contribution in [0.1, 0.15) is 12.2 Å². The zero-order chi connectivity index (χ0) is 12.3. The Kier molecular flexibility index (Phi) is 4.15. The molecule has 0 unspecified atom stereocenters. The minimum absolute atomic E-state index is 0.472. The predicted octanol–water partition coefficient (Wildman–Crippen LogP) is 3.04. The van der Waals surface area contributed by atoms with Crippen LogP contribution in [0.2, 0.25) is 5.02 Å². The number of aryl methyl sites for hydroxylation is 1. The standard InChI is InChI=1S/C11H11BrClN3O/c12-8-4-7(5-9(13)6-8)11-15-10(16-17-11)2-1-3-14/h4-6H,1-3,14H2. The maximum Gasteiger partial charge on any atom is 0.258 e. The number of hydrogen-bond donors (Lipinski definition) is 1. The van der Waals surface area contributed by atoms with Crippen LogP contribution in [0.4, 0.5) is 0 Å². The number of hydrogen-bond acceptors (Lipinski definition) is 4. The molecule has 2 aromatic rings. The molecule has 0 bridgehead atoms. The zero-order valence-corrected chi connectivity index (χ0v) is 11.3. The average molecular weight is 317 g/mol. The molecule has 0 radical (unpaired) electrons. The molecule has 1 heterocycles. The lowest BCUT2D eigenvalue weighted by Gasteiger charge is -1.97. The third-order valence-electron chi connectivity index (χ3n) is 2.18. The van der Waals surface area contributed by atoms with Crippen molar-refractivity contribution < 1.29 is 4.52 Å². The van der Waals surface area contributed by atoms with Crippen molar-refractivity contribution in [1.29, 1.82) is 0 Å². The van der Waals surface area contributed by atoms with Gasteiger partial charge in [-0.3, -0.25) is 0 Å². The van der Waals surface area contributed by atoms with E-state index in [2.05, 4.69) is 26.1 Å². The molecule has 0 atom stereocenters. The Hall–Kier alpha value is -0.910. The molecule has 1 aromatic carbocycles. The third kappa shape index (κ3) is 3.28. The van der Waals surface area contributed by atoms with E-state index in [4.69, 9.17) is 21.9 Å². The van der Waals surface area contributed by atoms with Gasteiger partial charge in [-0.2, -0.15) is 4.98 Å². The van der Waals surface area contributed by atoms with E-state index in [1.54, 1.807) is 12.1 Å². The molecule has 0 aliphatic carbocycles. The molecule has 4 nitrogen and oxygen atoms in total. The molecule has 0 aliphatic rings. The van der Waals surface area contributed by atoms with E-state index in [0.717, 1.165) is 22.9 Å². The Morgan fingerprint density at radius 3 is 2.88 bits per heavy atom. The minimum Gasteiger partial charge on any atom is -0.334 e. The van der Waals surface area contributed by atoms with Crippen LogP contribution in [-0.4, -0.2) is 16.7 Å². The Bertz CT molecular complexity index is 495. The highest BCUT2D eigenvalue weighted by Gasteiger charge is 2.09. The first kappa shape index (κ1) is 12.5. The molecule has 2 N–H and O–H groups in total. The van der Waals surface area contributed by atoms with Gasteiger partial charge >= 0.3 is 0 Å². The minimum atomic E-state index is 0.472. The molecule has 0 saturated heterocycles. The highest BCUT2D eigenvalue weighted by molar-refractivity contribution is 9.10. The first-order chi connectivity index (χ1) is 8.19. The summed E-state index contributed by atoms with van der Waals surface area (Å²) in [6, 6.07) is 5.47. The SMILES string of the molecule is NCCCc1noc(-c2cc(Cl)cc(Br)c2)n1. The lowest BCUT2D eigenvalue weighted by Crippen LogP contribution is -2.01. The second kappa shape index (κ2) is 5.62. The van der Waals surface area contributed by atoms with Gasteiger partial charge < -0.3 is 10.3 Å². The fraction of sp³-hybridized carbons (Fsp3) is 0.273. The van der Waals surface area contributed by atoms with Crippen molar-refractivity contribution >= 4 is 27.5 Å². The van der Waals surface area contributed by atoms with E-state index in [1.807, 2.05) is 6.07 Å². The van der Waals surface area contributed by atoms with Gasteiger partial charge in [0.15, 0.2) is 5.82 Å². The summed E-state index contributed by atoms with van der Waals surface area (Å²) in [7, 11) is 0. The van der Waals surface area contributed by atoms with Crippen molar-refractivity contribution in [2.24, 2.45) is 5.73 Å². The normalized spacial score (nSPS) is 10.8. The summed E-state index contributed by atoms with van der Waals surface area (Å²) in [6.07, 6.45) is 1.57. The molecule has 0 spiro atoms. The van der Waals surface area contributed by atoms with Crippen LogP contribution in [0.25, 0.3) is 11.5 Å². The van der Waals surface area contributed by atoms with Gasteiger partial charge in [-0.1, -0.05) is 32.7 Å². The second-order valence-corrected chi connectivity index (χ2v) is 4.92. The van der Waals surface area contributed by atoms with Crippen molar-refractivity contribution in [3.05, 3.63) is 33.5 Å². The molecule has 6 heteroatoms. The molecule has 17 heavy (non-hydrogen) atoms. The number of rotatable bonds is 4. The first-order valence-electron chi connectivity index (χ1n) is 5.18. The number of nitrogens with two attached hydrogens (primary N) is 1. The zero-order valence-electron chi connectivity index (χ0n) is 8.99. The monoisotopic (exact) mass is 315 g/mol. The van der Waals surface area contributed by atoms with Gasteiger partial charge in [-0.25, -0.2) is 0 Å². The van der Waals surface area contributed by atoms with Gasteiger partial charge in [0.2, 0.25) is 0 Å². The molecule has 0 fully saturated rings. The van der Waals surface area contributed by atoms with Crippen molar-refractivity contribution in [1.82, 2.24) is 10.1 Å². The van der Waals surface area contributed by atoms with Crippen LogP contribution < -0.4 is 5.73 Å².